The van der Waals surface area contributed by atoms with Crippen LogP contribution in [0.25, 0.3) is 0 Å². The van der Waals surface area contributed by atoms with Gasteiger partial charge in [-0.15, -0.1) is 24.8 Å². The molecule has 18 heavy (non-hydrogen) atoms. The number of ether oxygens (including phenoxy) is 1. The van der Waals surface area contributed by atoms with Gasteiger partial charge in [-0.2, -0.15) is 13.2 Å². The largest absolute Gasteiger partial charge is 0.609 e. The van der Waals surface area contributed by atoms with Crippen LogP contribution in [0.2, 0.25) is 0 Å². The number of hydrogen-bond donors (Lipinski definition) is 1. The Morgan fingerprint density at radius 2 is 1.78 bits per heavy atom. The van der Waals surface area contributed by atoms with Gasteiger partial charge in [0.1, 0.15) is 11.1 Å². The van der Waals surface area contributed by atoms with Crippen molar-refractivity contribution in [2.75, 3.05) is 5.75 Å². The number of nitrogens with two attached hydrogens (primary N) is 1. The highest BCUT2D eigenvalue weighted by Gasteiger charge is 2.47. The Bertz CT molecular complexity index is 298. The van der Waals surface area contributed by atoms with E-state index in [0.717, 1.165) is 0 Å². The van der Waals surface area contributed by atoms with Crippen LogP contribution in [0.1, 0.15) is 0 Å². The van der Waals surface area contributed by atoms with Gasteiger partial charge in [0.15, 0.2) is 6.23 Å². The molecule has 0 aromatic carbocycles. The second kappa shape index (κ2) is 6.17. The second-order valence-corrected chi connectivity index (χ2v) is 4.89. The first-order valence-electron chi connectivity index (χ1n) is 3.98. The molecule has 0 spiro atoms. The summed E-state index contributed by atoms with van der Waals surface area (Å²) in [7, 11) is 0. The highest BCUT2D eigenvalue weighted by Crippen LogP contribution is 2.26. The summed E-state index contributed by atoms with van der Waals surface area (Å²) in [5.41, 5.74) is -0.253. The molecule has 0 amide bonds. The summed E-state index contributed by atoms with van der Waals surface area (Å²) in [4.78, 5) is 10.3. The predicted octanol–water partition coefficient (Wildman–Crippen LogP) is 1.25. The molecule has 0 saturated carbocycles. The van der Waals surface area contributed by atoms with E-state index in [0.29, 0.717) is 0 Å². The van der Waals surface area contributed by atoms with Crippen molar-refractivity contribution in [3.05, 3.63) is 0 Å². The lowest BCUT2D eigenvalue weighted by Crippen LogP contribution is -2.44. The van der Waals surface area contributed by atoms with Crippen LogP contribution < -0.4 is 5.73 Å². The van der Waals surface area contributed by atoms with E-state index < -0.39 is 46.2 Å². The number of alkyl halides is 7. The molecule has 12 heteroatoms. The molecule has 0 rings (SSSR count). The van der Waals surface area contributed by atoms with Gasteiger partial charge in [0.05, 0.1) is 11.2 Å². The lowest BCUT2D eigenvalue weighted by Gasteiger charge is -2.20. The summed E-state index contributed by atoms with van der Waals surface area (Å²) >= 11 is 1.76. The third kappa shape index (κ3) is 5.98. The Labute approximate surface area is 105 Å². The predicted molar refractivity (Wildman–Crippen MR) is 48.8 cm³/mol. The molecule has 0 heterocycles. The van der Waals surface area contributed by atoms with Gasteiger partial charge in [0.25, 0.3) is 0 Å². The average molecular weight is 322 g/mol. The van der Waals surface area contributed by atoms with Crippen molar-refractivity contribution in [1.82, 2.24) is 0 Å². The molecule has 0 aromatic rings. The fourth-order valence-corrected chi connectivity index (χ4v) is 1.66. The van der Waals surface area contributed by atoms with Gasteiger partial charge in [-0.3, -0.25) is 5.73 Å². The Balaban J connectivity index is 4.36. The molecule has 0 bridgehead atoms. The van der Waals surface area contributed by atoms with E-state index in [2.05, 4.69) is 4.74 Å². The van der Waals surface area contributed by atoms with E-state index in [1.807, 2.05) is 0 Å². The van der Waals surface area contributed by atoms with E-state index in [-0.39, 0.29) is 0 Å². The molecule has 2 N–H and O–H groups in total. The van der Waals surface area contributed by atoms with Crippen LogP contribution in [0, 0.1) is 0 Å². The standard InChI is InChI=1S/C6H6ClF6NO3S/c7-2(1-18(16)6(11,12)13)3(14)17-4(15)5(8,9)10/h2-3H,1,14H2. The normalized spacial score (nSPS) is 18.1. The zero-order chi connectivity index (χ0) is 14.7. The van der Waals surface area contributed by atoms with Gasteiger partial charge in [-0.25, -0.2) is 4.79 Å². The topological polar surface area (TPSA) is 75.4 Å². The van der Waals surface area contributed by atoms with Gasteiger partial charge in [-0.1, -0.05) is 0 Å². The number of esters is 1. The molecule has 0 radical (unpaired) electrons. The quantitative estimate of drug-likeness (QED) is 0.278. The van der Waals surface area contributed by atoms with Crippen molar-refractivity contribution in [2.45, 2.75) is 23.3 Å². The van der Waals surface area contributed by atoms with Crippen molar-refractivity contribution in [1.29, 1.82) is 0 Å². The van der Waals surface area contributed by atoms with Crippen LogP contribution in [0.15, 0.2) is 0 Å². The Kier molecular flexibility index (Phi) is 6.04. The van der Waals surface area contributed by atoms with Crippen molar-refractivity contribution < 1.29 is 40.4 Å². The zero-order valence-corrected chi connectivity index (χ0v) is 9.79. The minimum absolute atomic E-state index is 1.29. The molecular formula is C6H6ClF6NO3S. The fraction of sp³-hybridized carbons (Fsp3) is 0.833. The Morgan fingerprint density at radius 1 is 1.33 bits per heavy atom. The average Bonchev–Trinajstić information content (AvgIpc) is 2.14. The summed E-state index contributed by atoms with van der Waals surface area (Å²) in [5.74, 6) is -3.99. The van der Waals surface area contributed by atoms with Crippen molar-refractivity contribution in [2.24, 2.45) is 5.73 Å². The van der Waals surface area contributed by atoms with Gasteiger partial charge >= 0.3 is 17.7 Å². The number of halogens is 7. The van der Waals surface area contributed by atoms with E-state index >= 15 is 0 Å². The van der Waals surface area contributed by atoms with Crippen molar-refractivity contribution >= 4 is 28.7 Å². The first-order chi connectivity index (χ1) is 7.85. The summed E-state index contributed by atoms with van der Waals surface area (Å²) in [5, 5.41) is -1.88. The minimum atomic E-state index is -5.35. The third-order valence-corrected chi connectivity index (χ3v) is 3.16. The van der Waals surface area contributed by atoms with Crippen LogP contribution in [0.5, 0.6) is 0 Å². The molecule has 0 aliphatic rings. The molecule has 4 nitrogen and oxygen atoms in total. The Morgan fingerprint density at radius 3 is 2.11 bits per heavy atom. The fourth-order valence-electron chi connectivity index (χ4n) is 0.598. The molecule has 0 fully saturated rings. The van der Waals surface area contributed by atoms with Gasteiger partial charge in [0.2, 0.25) is 0 Å². The molecule has 3 unspecified atom stereocenters. The van der Waals surface area contributed by atoms with Crippen LogP contribution in [-0.4, -0.2) is 39.6 Å². The molecule has 108 valence electrons. The molecular weight excluding hydrogens is 316 g/mol. The van der Waals surface area contributed by atoms with Crippen molar-refractivity contribution in [3.63, 3.8) is 0 Å². The third-order valence-electron chi connectivity index (χ3n) is 1.40. The maximum absolute atomic E-state index is 11.8. The highest BCUT2D eigenvalue weighted by atomic mass is 35.5. The van der Waals surface area contributed by atoms with Gasteiger partial charge < -0.3 is 9.29 Å². The van der Waals surface area contributed by atoms with E-state index in [4.69, 9.17) is 17.3 Å². The first-order valence-corrected chi connectivity index (χ1v) is 5.74. The van der Waals surface area contributed by atoms with Gasteiger partial charge in [0, 0.05) is 0 Å². The second-order valence-electron chi connectivity index (χ2n) is 2.84. The molecule has 0 aromatic heterocycles. The lowest BCUT2D eigenvalue weighted by molar-refractivity contribution is -0.204. The van der Waals surface area contributed by atoms with Crippen LogP contribution in [0.4, 0.5) is 26.3 Å². The van der Waals surface area contributed by atoms with E-state index in [1.54, 1.807) is 0 Å². The van der Waals surface area contributed by atoms with Crippen molar-refractivity contribution in [3.8, 4) is 0 Å². The first kappa shape index (κ1) is 17.6. The van der Waals surface area contributed by atoms with Crippen LogP contribution >= 0.6 is 11.6 Å². The maximum Gasteiger partial charge on any atom is 0.572 e. The number of rotatable bonds is 4. The van der Waals surface area contributed by atoms with Crippen LogP contribution in [-0.2, 0) is 20.7 Å². The lowest BCUT2D eigenvalue weighted by atomic mass is 10.4. The molecule has 3 atom stereocenters. The Hall–Kier alpha value is -0.390. The summed E-state index contributed by atoms with van der Waals surface area (Å²) in [6.45, 7) is 0. The minimum Gasteiger partial charge on any atom is -0.609 e. The summed E-state index contributed by atoms with van der Waals surface area (Å²) < 4.78 is 84.8. The van der Waals surface area contributed by atoms with E-state index in [9.17, 15) is 35.7 Å². The maximum atomic E-state index is 11.8. The number of hydrogen-bond acceptors (Lipinski definition) is 4. The monoisotopic (exact) mass is 321 g/mol. The summed E-state index contributed by atoms with van der Waals surface area (Å²) in [6, 6.07) is 0. The summed E-state index contributed by atoms with van der Waals surface area (Å²) in [6.07, 6.45) is -7.51. The molecule has 0 saturated heterocycles. The molecule has 0 aliphatic heterocycles. The number of carbonyl (C=O) groups excluding carboxylic acids is 1. The van der Waals surface area contributed by atoms with Crippen LogP contribution in [0.3, 0.4) is 0 Å². The zero-order valence-electron chi connectivity index (χ0n) is 8.22. The van der Waals surface area contributed by atoms with Gasteiger partial charge in [-0.05, 0) is 0 Å². The molecule has 0 aliphatic carbocycles. The highest BCUT2D eigenvalue weighted by molar-refractivity contribution is 7.92. The SMILES string of the molecule is NC(OC(=O)C(F)(F)F)C(Cl)C[S+]([O-])C(F)(F)F. The number of carbonyl (C=O) groups is 1. The van der Waals surface area contributed by atoms with E-state index in [1.165, 1.54) is 0 Å². The smallest absolute Gasteiger partial charge is 0.572 e.